The molecular weight excluding hydrogens is 321 g/mol. The second-order valence-corrected chi connectivity index (χ2v) is 6.26. The summed E-state index contributed by atoms with van der Waals surface area (Å²) < 4.78 is 18.1. The maximum absolute atomic E-state index is 13.0. The van der Waals surface area contributed by atoms with Crippen molar-refractivity contribution in [3.63, 3.8) is 0 Å². The summed E-state index contributed by atoms with van der Waals surface area (Å²) in [5, 5.41) is 3.05. The smallest absolute Gasteiger partial charge is 0.270 e. The average molecular weight is 343 g/mol. The first-order chi connectivity index (χ1) is 12.1. The van der Waals surface area contributed by atoms with E-state index in [0.29, 0.717) is 11.4 Å². The van der Waals surface area contributed by atoms with Crippen LogP contribution in [0.1, 0.15) is 28.9 Å². The van der Waals surface area contributed by atoms with Gasteiger partial charge in [-0.15, -0.1) is 0 Å². The van der Waals surface area contributed by atoms with E-state index in [1.807, 2.05) is 0 Å². The number of halogens is 1. The van der Waals surface area contributed by atoms with Gasteiger partial charge in [-0.3, -0.25) is 14.7 Å². The molecule has 25 heavy (non-hydrogen) atoms. The average Bonchev–Trinajstić information content (AvgIpc) is 2.64. The molecule has 5 nitrogen and oxygen atoms in total. The van der Waals surface area contributed by atoms with Gasteiger partial charge in [0.05, 0.1) is 7.11 Å². The van der Waals surface area contributed by atoms with Crippen LogP contribution >= 0.6 is 0 Å². The van der Waals surface area contributed by atoms with Crippen LogP contribution in [0, 0.1) is 5.82 Å². The SMILES string of the molecule is COc1ccnc(C(=O)N[C@H]2CCCN(Cc3ccc(F)cc3)C2)c1. The van der Waals surface area contributed by atoms with Gasteiger partial charge < -0.3 is 10.1 Å². The Bertz CT molecular complexity index is 721. The topological polar surface area (TPSA) is 54.5 Å². The summed E-state index contributed by atoms with van der Waals surface area (Å²) in [6.45, 7) is 2.50. The number of rotatable bonds is 5. The molecule has 132 valence electrons. The van der Waals surface area contributed by atoms with E-state index in [1.165, 1.54) is 12.1 Å². The number of pyridine rings is 1. The van der Waals surface area contributed by atoms with E-state index < -0.39 is 0 Å². The molecule has 3 rings (SSSR count). The first-order valence-corrected chi connectivity index (χ1v) is 8.42. The predicted octanol–water partition coefficient (Wildman–Crippen LogP) is 2.62. The summed E-state index contributed by atoms with van der Waals surface area (Å²) in [6.07, 6.45) is 3.52. The summed E-state index contributed by atoms with van der Waals surface area (Å²) in [5.74, 6) is 0.201. The summed E-state index contributed by atoms with van der Waals surface area (Å²) in [6, 6.07) is 9.99. The second kappa shape index (κ2) is 8.07. The molecule has 1 amide bonds. The molecule has 2 heterocycles. The number of hydrogen-bond donors (Lipinski definition) is 1. The second-order valence-electron chi connectivity index (χ2n) is 6.26. The van der Waals surface area contributed by atoms with Gasteiger partial charge in [0.2, 0.25) is 0 Å². The van der Waals surface area contributed by atoms with Crippen molar-refractivity contribution in [3.8, 4) is 5.75 Å². The lowest BCUT2D eigenvalue weighted by atomic mass is 10.0. The quantitative estimate of drug-likeness (QED) is 0.907. The standard InChI is InChI=1S/C19H22FN3O2/c1-25-17-8-9-21-18(11-17)19(24)22-16-3-2-10-23(13-16)12-14-4-6-15(20)7-5-14/h4-9,11,16H,2-3,10,12-13H2,1H3,(H,22,24)/t16-/m0/s1. The molecule has 0 radical (unpaired) electrons. The molecule has 1 saturated heterocycles. The lowest BCUT2D eigenvalue weighted by Crippen LogP contribution is -2.47. The van der Waals surface area contributed by atoms with Gasteiger partial charge in [0.15, 0.2) is 0 Å². The van der Waals surface area contributed by atoms with Gasteiger partial charge >= 0.3 is 0 Å². The van der Waals surface area contributed by atoms with Crippen LogP contribution in [0.5, 0.6) is 5.75 Å². The third-order valence-electron chi connectivity index (χ3n) is 4.36. The van der Waals surface area contributed by atoms with Crippen LogP contribution in [-0.2, 0) is 6.54 Å². The molecule has 0 bridgehead atoms. The number of likely N-dealkylation sites (tertiary alicyclic amines) is 1. The zero-order valence-corrected chi connectivity index (χ0v) is 14.2. The lowest BCUT2D eigenvalue weighted by Gasteiger charge is -2.33. The van der Waals surface area contributed by atoms with Crippen molar-refractivity contribution in [2.75, 3.05) is 20.2 Å². The summed E-state index contributed by atoms with van der Waals surface area (Å²) in [4.78, 5) is 18.8. The van der Waals surface area contributed by atoms with Crippen molar-refractivity contribution in [2.24, 2.45) is 0 Å². The Labute approximate surface area is 146 Å². The molecule has 6 heteroatoms. The highest BCUT2D eigenvalue weighted by Gasteiger charge is 2.22. The normalized spacial score (nSPS) is 17.9. The number of piperidine rings is 1. The number of methoxy groups -OCH3 is 1. The van der Waals surface area contributed by atoms with Crippen LogP contribution in [0.25, 0.3) is 0 Å². The van der Waals surface area contributed by atoms with Crippen molar-refractivity contribution in [2.45, 2.75) is 25.4 Å². The molecule has 1 aliphatic rings. The van der Waals surface area contributed by atoms with Crippen molar-refractivity contribution < 1.29 is 13.9 Å². The Morgan fingerprint density at radius 2 is 2.16 bits per heavy atom. The number of nitrogens with one attached hydrogen (secondary N) is 1. The van der Waals surface area contributed by atoms with Crippen molar-refractivity contribution in [3.05, 3.63) is 59.7 Å². The zero-order valence-electron chi connectivity index (χ0n) is 14.2. The lowest BCUT2D eigenvalue weighted by molar-refractivity contribution is 0.0895. The van der Waals surface area contributed by atoms with Gasteiger partial charge in [-0.2, -0.15) is 0 Å². The van der Waals surface area contributed by atoms with Gasteiger partial charge in [-0.25, -0.2) is 4.39 Å². The van der Waals surface area contributed by atoms with Crippen molar-refractivity contribution in [1.82, 2.24) is 15.2 Å². The van der Waals surface area contributed by atoms with Gasteiger partial charge in [0.1, 0.15) is 17.3 Å². The summed E-state index contributed by atoms with van der Waals surface area (Å²) in [5.41, 5.74) is 1.43. The zero-order chi connectivity index (χ0) is 17.6. The third kappa shape index (κ3) is 4.76. The molecule has 2 aromatic rings. The van der Waals surface area contributed by atoms with Crippen molar-refractivity contribution >= 4 is 5.91 Å². The summed E-state index contributed by atoms with van der Waals surface area (Å²) >= 11 is 0. The van der Waals surface area contributed by atoms with Gasteiger partial charge in [0.25, 0.3) is 5.91 Å². The molecule has 1 aromatic carbocycles. The monoisotopic (exact) mass is 343 g/mol. The Morgan fingerprint density at radius 3 is 2.92 bits per heavy atom. The number of amides is 1. The summed E-state index contributed by atoms with van der Waals surface area (Å²) in [7, 11) is 1.56. The fourth-order valence-electron chi connectivity index (χ4n) is 3.09. The largest absolute Gasteiger partial charge is 0.497 e. The fourth-order valence-corrected chi connectivity index (χ4v) is 3.09. The van der Waals surface area contributed by atoms with E-state index in [1.54, 1.807) is 37.6 Å². The number of aromatic nitrogens is 1. The number of benzene rings is 1. The van der Waals surface area contributed by atoms with Gasteiger partial charge in [-0.1, -0.05) is 12.1 Å². The number of ether oxygens (including phenoxy) is 1. The van der Waals surface area contributed by atoms with E-state index in [9.17, 15) is 9.18 Å². The minimum Gasteiger partial charge on any atom is -0.497 e. The molecule has 1 aliphatic heterocycles. The first kappa shape index (κ1) is 17.4. The van der Waals surface area contributed by atoms with Crippen LogP contribution in [0.3, 0.4) is 0 Å². The fraction of sp³-hybridized carbons (Fsp3) is 0.368. The van der Waals surface area contributed by atoms with E-state index in [-0.39, 0.29) is 17.8 Å². The van der Waals surface area contributed by atoms with Crippen LogP contribution in [0.4, 0.5) is 4.39 Å². The van der Waals surface area contributed by atoms with Crippen LogP contribution in [0.15, 0.2) is 42.6 Å². The number of hydrogen-bond acceptors (Lipinski definition) is 4. The minimum absolute atomic E-state index is 0.0784. The maximum Gasteiger partial charge on any atom is 0.270 e. The van der Waals surface area contributed by atoms with Crippen LogP contribution in [-0.4, -0.2) is 42.0 Å². The molecule has 0 saturated carbocycles. The van der Waals surface area contributed by atoms with Crippen LogP contribution in [0.2, 0.25) is 0 Å². The molecule has 0 aliphatic carbocycles. The van der Waals surface area contributed by atoms with E-state index in [2.05, 4.69) is 15.2 Å². The molecule has 1 aromatic heterocycles. The molecule has 1 atom stereocenters. The third-order valence-corrected chi connectivity index (χ3v) is 4.36. The molecule has 0 spiro atoms. The van der Waals surface area contributed by atoms with Gasteiger partial charge in [-0.05, 0) is 43.1 Å². The molecule has 1 fully saturated rings. The minimum atomic E-state index is -0.224. The highest BCUT2D eigenvalue weighted by Crippen LogP contribution is 2.15. The van der Waals surface area contributed by atoms with E-state index >= 15 is 0 Å². The van der Waals surface area contributed by atoms with Crippen molar-refractivity contribution in [1.29, 1.82) is 0 Å². The van der Waals surface area contributed by atoms with E-state index in [4.69, 9.17) is 4.74 Å². The van der Waals surface area contributed by atoms with E-state index in [0.717, 1.165) is 38.0 Å². The predicted molar refractivity (Wildman–Crippen MR) is 93.0 cm³/mol. The Hall–Kier alpha value is -2.47. The number of nitrogens with zero attached hydrogens (tertiary/aromatic N) is 2. The first-order valence-electron chi connectivity index (χ1n) is 8.42. The van der Waals surface area contributed by atoms with Crippen LogP contribution < -0.4 is 10.1 Å². The van der Waals surface area contributed by atoms with Gasteiger partial charge in [0, 0.05) is 31.4 Å². The highest BCUT2D eigenvalue weighted by molar-refractivity contribution is 5.92. The Kier molecular flexibility index (Phi) is 5.60. The maximum atomic E-state index is 13.0. The molecule has 1 N–H and O–H groups in total. The molecular formula is C19H22FN3O2. The molecule has 0 unspecified atom stereocenters. The Balaban J connectivity index is 1.57. The number of carbonyl (C=O) groups excluding carboxylic acids is 1. The highest BCUT2D eigenvalue weighted by atomic mass is 19.1. The number of carbonyl (C=O) groups is 1. The Morgan fingerprint density at radius 1 is 1.36 bits per heavy atom.